The van der Waals surface area contributed by atoms with Crippen LogP contribution in [0.3, 0.4) is 0 Å². The maximum atomic E-state index is 12.3. The van der Waals surface area contributed by atoms with E-state index >= 15 is 0 Å². The Kier molecular flexibility index (Phi) is 9.33. The summed E-state index contributed by atoms with van der Waals surface area (Å²) >= 11 is 0. The lowest BCUT2D eigenvalue weighted by Crippen LogP contribution is -2.45. The molecule has 0 saturated carbocycles. The predicted molar refractivity (Wildman–Crippen MR) is 93.8 cm³/mol. The van der Waals surface area contributed by atoms with E-state index in [1.54, 1.807) is 27.7 Å². The number of ether oxygens (including phenoxy) is 3. The zero-order valence-corrected chi connectivity index (χ0v) is 16.6. The Morgan fingerprint density at radius 2 is 1.54 bits per heavy atom. The first-order valence-corrected chi connectivity index (χ1v) is 8.65. The van der Waals surface area contributed by atoms with Gasteiger partial charge in [-0.1, -0.05) is 27.7 Å². The highest BCUT2D eigenvalue weighted by Crippen LogP contribution is 2.16. The predicted octanol–water partition coefficient (Wildman–Crippen LogP) is 3.53. The van der Waals surface area contributed by atoms with Gasteiger partial charge in [0.2, 0.25) is 0 Å². The van der Waals surface area contributed by atoms with Crippen LogP contribution in [0.1, 0.15) is 62.3 Å². The van der Waals surface area contributed by atoms with Crippen molar-refractivity contribution in [1.29, 1.82) is 0 Å². The summed E-state index contributed by atoms with van der Waals surface area (Å²) in [6.45, 7) is 17.4. The smallest absolute Gasteiger partial charge is 0.408 e. The van der Waals surface area contributed by atoms with Crippen LogP contribution < -0.4 is 5.32 Å². The van der Waals surface area contributed by atoms with Gasteiger partial charge in [-0.2, -0.15) is 0 Å². The second kappa shape index (κ2) is 9.87. The van der Waals surface area contributed by atoms with Gasteiger partial charge in [-0.3, -0.25) is 0 Å². The lowest BCUT2D eigenvalue weighted by molar-refractivity contribution is -0.163. The molecule has 0 rings (SSSR count). The average molecular weight is 345 g/mol. The van der Waals surface area contributed by atoms with Gasteiger partial charge in [0, 0.05) is 6.61 Å². The van der Waals surface area contributed by atoms with Gasteiger partial charge >= 0.3 is 12.1 Å². The molecule has 24 heavy (non-hydrogen) atoms. The van der Waals surface area contributed by atoms with E-state index in [1.165, 1.54) is 0 Å². The average Bonchev–Trinajstić information content (AvgIpc) is 2.38. The molecule has 0 aromatic rings. The van der Waals surface area contributed by atoms with Gasteiger partial charge in [-0.25, -0.2) is 9.59 Å². The minimum atomic E-state index is -0.793. The third kappa shape index (κ3) is 9.75. The molecule has 0 spiro atoms. The first-order valence-electron chi connectivity index (χ1n) is 8.65. The Labute approximate surface area is 146 Å². The fourth-order valence-corrected chi connectivity index (χ4v) is 1.99. The fourth-order valence-electron chi connectivity index (χ4n) is 1.99. The van der Waals surface area contributed by atoms with Gasteiger partial charge in [-0.15, -0.1) is 0 Å². The Hall–Kier alpha value is -1.30. The summed E-state index contributed by atoms with van der Waals surface area (Å²) in [4.78, 5) is 24.0. The Balaban J connectivity index is 4.62. The van der Waals surface area contributed by atoms with Gasteiger partial charge < -0.3 is 19.5 Å². The molecule has 0 aliphatic rings. The minimum Gasteiger partial charge on any atom is -0.458 e. The van der Waals surface area contributed by atoms with Crippen molar-refractivity contribution in [2.45, 2.75) is 86.2 Å². The topological polar surface area (TPSA) is 73.9 Å². The standard InChI is InChI=1S/C18H35NO5/c1-11(2)10-22-14(6)15(12(3)4)23-16(20)13(5)19-17(21)24-18(7,8)9/h11-15H,10H2,1-9H3,(H,19,21)/t13-,14-,15?/m0/s1. The molecular formula is C18H35NO5. The van der Waals surface area contributed by atoms with Gasteiger partial charge in [0.05, 0.1) is 6.10 Å². The molecule has 0 aliphatic heterocycles. The van der Waals surface area contributed by atoms with Crippen molar-refractivity contribution in [2.75, 3.05) is 6.61 Å². The lowest BCUT2D eigenvalue weighted by Gasteiger charge is -2.29. The quantitative estimate of drug-likeness (QED) is 0.681. The van der Waals surface area contributed by atoms with Crippen LogP contribution in [0.2, 0.25) is 0 Å². The number of alkyl carbamates (subject to hydrolysis) is 1. The summed E-state index contributed by atoms with van der Waals surface area (Å²) in [6.07, 6.45) is -1.23. The molecule has 0 aliphatic carbocycles. The third-order valence-electron chi connectivity index (χ3n) is 3.15. The van der Waals surface area contributed by atoms with Gasteiger partial charge in [0.25, 0.3) is 0 Å². The molecule has 6 nitrogen and oxygen atoms in total. The zero-order valence-electron chi connectivity index (χ0n) is 16.6. The highest BCUT2D eigenvalue weighted by atomic mass is 16.6. The van der Waals surface area contributed by atoms with E-state index in [0.717, 1.165) is 0 Å². The van der Waals surface area contributed by atoms with Crippen molar-refractivity contribution in [1.82, 2.24) is 5.32 Å². The minimum absolute atomic E-state index is 0.102. The second-order valence-electron chi connectivity index (χ2n) is 7.95. The molecule has 1 N–H and O–H groups in total. The molecule has 0 fully saturated rings. The van der Waals surface area contributed by atoms with Gasteiger partial charge in [0.1, 0.15) is 17.7 Å². The SMILES string of the molecule is CC(C)CO[C@@H](C)C(OC(=O)[C@H](C)NC(=O)OC(C)(C)C)C(C)C. The highest BCUT2D eigenvalue weighted by Gasteiger charge is 2.29. The van der Waals surface area contributed by atoms with Crippen LogP contribution in [0.15, 0.2) is 0 Å². The second-order valence-corrected chi connectivity index (χ2v) is 7.95. The summed E-state index contributed by atoms with van der Waals surface area (Å²) in [7, 11) is 0. The molecule has 0 saturated heterocycles. The summed E-state index contributed by atoms with van der Waals surface area (Å²) < 4.78 is 16.5. The summed E-state index contributed by atoms with van der Waals surface area (Å²) in [6, 6.07) is -0.793. The molecule has 3 atom stereocenters. The van der Waals surface area contributed by atoms with Crippen molar-refractivity contribution in [3.8, 4) is 0 Å². The highest BCUT2D eigenvalue weighted by molar-refractivity contribution is 5.81. The van der Waals surface area contributed by atoms with Crippen LogP contribution >= 0.6 is 0 Å². The number of nitrogens with one attached hydrogen (secondary N) is 1. The Morgan fingerprint density at radius 3 is 1.96 bits per heavy atom. The lowest BCUT2D eigenvalue weighted by atomic mass is 10.0. The maximum absolute atomic E-state index is 12.3. The largest absolute Gasteiger partial charge is 0.458 e. The monoisotopic (exact) mass is 345 g/mol. The van der Waals surface area contributed by atoms with Crippen LogP contribution in [0.4, 0.5) is 4.79 Å². The van der Waals surface area contributed by atoms with E-state index in [0.29, 0.717) is 12.5 Å². The first kappa shape index (κ1) is 22.7. The molecule has 0 bridgehead atoms. The number of carbonyl (C=O) groups excluding carboxylic acids is 2. The summed E-state index contributed by atoms with van der Waals surface area (Å²) in [5.41, 5.74) is -0.618. The van der Waals surface area contributed by atoms with Crippen LogP contribution in [-0.4, -0.2) is 42.5 Å². The van der Waals surface area contributed by atoms with E-state index < -0.39 is 23.7 Å². The zero-order chi connectivity index (χ0) is 19.1. The van der Waals surface area contributed by atoms with Crippen LogP contribution in [-0.2, 0) is 19.0 Å². The van der Waals surface area contributed by atoms with Gasteiger partial charge in [-0.05, 0) is 46.5 Å². The van der Waals surface area contributed by atoms with Crippen LogP contribution in [0.25, 0.3) is 0 Å². The first-order chi connectivity index (χ1) is 10.8. The van der Waals surface area contributed by atoms with Crippen molar-refractivity contribution in [3.63, 3.8) is 0 Å². The third-order valence-corrected chi connectivity index (χ3v) is 3.15. The van der Waals surface area contributed by atoms with Crippen molar-refractivity contribution < 1.29 is 23.8 Å². The van der Waals surface area contributed by atoms with Crippen LogP contribution in [0.5, 0.6) is 0 Å². The molecule has 0 heterocycles. The molecule has 1 amide bonds. The van der Waals surface area contributed by atoms with Crippen molar-refractivity contribution in [3.05, 3.63) is 0 Å². The molecule has 0 radical (unpaired) electrons. The van der Waals surface area contributed by atoms with E-state index in [9.17, 15) is 9.59 Å². The number of hydrogen-bond acceptors (Lipinski definition) is 5. The normalized spacial score (nSPS) is 15.8. The van der Waals surface area contributed by atoms with E-state index in [1.807, 2.05) is 20.8 Å². The van der Waals surface area contributed by atoms with Crippen molar-refractivity contribution >= 4 is 12.1 Å². The van der Waals surface area contributed by atoms with E-state index in [2.05, 4.69) is 19.2 Å². The fraction of sp³-hybridized carbons (Fsp3) is 0.889. The van der Waals surface area contributed by atoms with Crippen LogP contribution in [0, 0.1) is 11.8 Å². The maximum Gasteiger partial charge on any atom is 0.408 e. The molecular weight excluding hydrogens is 310 g/mol. The van der Waals surface area contributed by atoms with Crippen molar-refractivity contribution in [2.24, 2.45) is 11.8 Å². The number of carbonyl (C=O) groups is 2. The summed E-state index contributed by atoms with van der Waals surface area (Å²) in [5, 5.41) is 2.49. The number of hydrogen-bond donors (Lipinski definition) is 1. The number of amides is 1. The summed E-state index contributed by atoms with van der Waals surface area (Å²) in [5.74, 6) is 0.00752. The number of esters is 1. The molecule has 142 valence electrons. The molecule has 0 aromatic carbocycles. The van der Waals surface area contributed by atoms with E-state index in [4.69, 9.17) is 14.2 Å². The molecule has 0 aromatic heterocycles. The number of rotatable bonds is 8. The molecule has 1 unspecified atom stereocenters. The Morgan fingerprint density at radius 1 is 1.00 bits per heavy atom. The Bertz CT molecular complexity index is 401. The van der Waals surface area contributed by atoms with Gasteiger partial charge in [0.15, 0.2) is 0 Å². The molecule has 6 heteroatoms. The van der Waals surface area contributed by atoms with E-state index in [-0.39, 0.29) is 18.1 Å².